The fraction of sp³-hybridized carbons (Fsp3) is 0.500. The van der Waals surface area contributed by atoms with Gasteiger partial charge in [-0.15, -0.1) is 0 Å². The minimum Gasteiger partial charge on any atom is -0.478 e. The number of allylic oxidation sites excluding steroid dienone is 7. The van der Waals surface area contributed by atoms with Gasteiger partial charge in [0, 0.05) is 6.08 Å². The second-order valence-corrected chi connectivity index (χ2v) is 6.30. The molecule has 108 valence electrons. The van der Waals surface area contributed by atoms with Crippen LogP contribution in [0, 0.1) is 23.7 Å². The van der Waals surface area contributed by atoms with Gasteiger partial charge < -0.3 is 5.11 Å². The first-order chi connectivity index (χ1) is 9.49. The molecule has 2 aliphatic carbocycles. The van der Waals surface area contributed by atoms with Gasteiger partial charge in [0.25, 0.3) is 0 Å². The minimum atomic E-state index is -0.901. The Morgan fingerprint density at radius 2 is 2.05 bits per heavy atom. The molecular formula is C18H24O2. The van der Waals surface area contributed by atoms with E-state index < -0.39 is 5.97 Å². The third kappa shape index (κ3) is 3.30. The Labute approximate surface area is 121 Å². The lowest BCUT2D eigenvalue weighted by Gasteiger charge is -2.41. The van der Waals surface area contributed by atoms with E-state index in [0.29, 0.717) is 17.8 Å². The van der Waals surface area contributed by atoms with Crippen LogP contribution in [0.15, 0.2) is 47.6 Å². The van der Waals surface area contributed by atoms with Gasteiger partial charge in [0.2, 0.25) is 0 Å². The molecular weight excluding hydrogens is 248 g/mol. The van der Waals surface area contributed by atoms with Crippen LogP contribution in [0.1, 0.15) is 33.6 Å². The van der Waals surface area contributed by atoms with Crippen molar-refractivity contribution in [3.8, 4) is 0 Å². The molecule has 20 heavy (non-hydrogen) atoms. The molecule has 1 N–H and O–H groups in total. The first-order valence-corrected chi connectivity index (χ1v) is 7.45. The fourth-order valence-corrected chi connectivity index (χ4v) is 3.81. The van der Waals surface area contributed by atoms with Gasteiger partial charge in [-0.05, 0) is 54.6 Å². The Balaban J connectivity index is 2.20. The predicted molar refractivity (Wildman–Crippen MR) is 82.3 cm³/mol. The molecule has 4 atom stereocenters. The highest BCUT2D eigenvalue weighted by Crippen LogP contribution is 2.45. The number of fused-ring (bicyclic) bond motifs is 1. The van der Waals surface area contributed by atoms with Gasteiger partial charge in [-0.3, -0.25) is 0 Å². The van der Waals surface area contributed by atoms with Crippen LogP contribution in [0.4, 0.5) is 0 Å². The molecule has 0 aromatic carbocycles. The van der Waals surface area contributed by atoms with Gasteiger partial charge in [0.15, 0.2) is 0 Å². The number of aliphatic carboxylic acids is 1. The van der Waals surface area contributed by atoms with Crippen molar-refractivity contribution < 1.29 is 9.90 Å². The van der Waals surface area contributed by atoms with E-state index in [2.05, 4.69) is 39.0 Å². The van der Waals surface area contributed by atoms with E-state index in [4.69, 9.17) is 5.11 Å². The van der Waals surface area contributed by atoms with Gasteiger partial charge in [0.1, 0.15) is 0 Å². The van der Waals surface area contributed by atoms with E-state index in [1.54, 1.807) is 6.08 Å². The van der Waals surface area contributed by atoms with Crippen LogP contribution >= 0.6 is 0 Å². The summed E-state index contributed by atoms with van der Waals surface area (Å²) >= 11 is 0. The average Bonchev–Trinajstić information content (AvgIpc) is 2.36. The Morgan fingerprint density at radius 1 is 1.30 bits per heavy atom. The average molecular weight is 272 g/mol. The summed E-state index contributed by atoms with van der Waals surface area (Å²) in [6.07, 6.45) is 13.9. The third-order valence-corrected chi connectivity index (χ3v) is 4.56. The summed E-state index contributed by atoms with van der Waals surface area (Å²) in [5.74, 6) is 1.81. The lowest BCUT2D eigenvalue weighted by molar-refractivity contribution is -0.131. The zero-order valence-corrected chi connectivity index (χ0v) is 12.5. The summed E-state index contributed by atoms with van der Waals surface area (Å²) in [5, 5.41) is 8.62. The predicted octanol–water partition coefficient (Wildman–Crippen LogP) is 4.37. The lowest BCUT2D eigenvalue weighted by Crippen LogP contribution is -2.32. The largest absolute Gasteiger partial charge is 0.478 e. The van der Waals surface area contributed by atoms with Gasteiger partial charge in [0.05, 0.1) is 0 Å². The van der Waals surface area contributed by atoms with Crippen molar-refractivity contribution >= 4 is 5.97 Å². The molecule has 0 aromatic heterocycles. The van der Waals surface area contributed by atoms with Crippen LogP contribution in [0.25, 0.3) is 0 Å². The Kier molecular flexibility index (Phi) is 4.64. The van der Waals surface area contributed by atoms with Crippen LogP contribution in [-0.4, -0.2) is 11.1 Å². The topological polar surface area (TPSA) is 37.3 Å². The Morgan fingerprint density at radius 3 is 2.75 bits per heavy atom. The quantitative estimate of drug-likeness (QED) is 0.612. The molecule has 0 heterocycles. The van der Waals surface area contributed by atoms with Gasteiger partial charge in [-0.25, -0.2) is 4.79 Å². The zero-order chi connectivity index (χ0) is 14.7. The molecule has 2 rings (SSSR count). The highest BCUT2D eigenvalue weighted by Gasteiger charge is 2.35. The van der Waals surface area contributed by atoms with Crippen molar-refractivity contribution in [2.45, 2.75) is 33.6 Å². The molecule has 1 fully saturated rings. The number of hydrogen-bond donors (Lipinski definition) is 1. The van der Waals surface area contributed by atoms with Gasteiger partial charge >= 0.3 is 5.97 Å². The Hall–Kier alpha value is -1.57. The molecule has 2 aliphatic rings. The number of carbonyl (C=O) groups is 1. The number of rotatable bonds is 3. The van der Waals surface area contributed by atoms with Crippen molar-refractivity contribution in [1.82, 2.24) is 0 Å². The van der Waals surface area contributed by atoms with Crippen LogP contribution in [-0.2, 0) is 4.79 Å². The molecule has 0 saturated heterocycles. The first-order valence-electron chi connectivity index (χ1n) is 7.45. The molecule has 0 aliphatic heterocycles. The zero-order valence-electron chi connectivity index (χ0n) is 12.5. The molecule has 0 amide bonds. The Bertz CT molecular complexity index is 494. The maximum absolute atomic E-state index is 10.5. The summed E-state index contributed by atoms with van der Waals surface area (Å²) in [6.45, 7) is 6.84. The van der Waals surface area contributed by atoms with Crippen LogP contribution in [0.2, 0.25) is 0 Å². The summed E-state index contributed by atoms with van der Waals surface area (Å²) in [7, 11) is 0. The molecule has 1 saturated carbocycles. The minimum absolute atomic E-state index is 0.589. The van der Waals surface area contributed by atoms with E-state index in [-0.39, 0.29) is 0 Å². The van der Waals surface area contributed by atoms with E-state index >= 15 is 0 Å². The second-order valence-electron chi connectivity index (χ2n) is 6.30. The lowest BCUT2D eigenvalue weighted by atomic mass is 9.63. The number of carboxylic acid groups (broad SMARTS) is 1. The maximum Gasteiger partial charge on any atom is 0.328 e. The molecule has 2 nitrogen and oxygen atoms in total. The highest BCUT2D eigenvalue weighted by molar-refractivity contribution is 5.80. The molecule has 0 bridgehead atoms. The van der Waals surface area contributed by atoms with Crippen LogP contribution < -0.4 is 0 Å². The molecule has 0 aromatic rings. The molecule has 0 unspecified atom stereocenters. The van der Waals surface area contributed by atoms with E-state index in [1.165, 1.54) is 30.1 Å². The van der Waals surface area contributed by atoms with Crippen LogP contribution in [0.3, 0.4) is 0 Å². The van der Waals surface area contributed by atoms with Crippen molar-refractivity contribution in [2.75, 3.05) is 0 Å². The van der Waals surface area contributed by atoms with Crippen molar-refractivity contribution in [1.29, 1.82) is 0 Å². The first kappa shape index (κ1) is 14.8. The smallest absolute Gasteiger partial charge is 0.328 e. The standard InChI is InChI=1S/C18H24O2/c1-12-10-14(3)18-15(11-12)9-8-13(2)16(18)6-4-5-7-17(19)20/h4-9,12,14-15,18H,10-11H2,1-3H3,(H,19,20)/b6-4+,7-5+/t12-,14+,15-,18-/m1/s1. The van der Waals surface area contributed by atoms with Gasteiger partial charge in [-0.2, -0.15) is 0 Å². The van der Waals surface area contributed by atoms with Crippen LogP contribution in [0.5, 0.6) is 0 Å². The summed E-state index contributed by atoms with van der Waals surface area (Å²) in [5.41, 5.74) is 2.69. The van der Waals surface area contributed by atoms with Gasteiger partial charge in [-0.1, -0.05) is 44.2 Å². The fourth-order valence-electron chi connectivity index (χ4n) is 3.81. The molecule has 2 heteroatoms. The SMILES string of the molecule is CC1=C(/C=C/C=C/C(=O)O)[C@H]2[C@H](C=C1)C[C@H](C)C[C@@H]2C. The summed E-state index contributed by atoms with van der Waals surface area (Å²) in [6, 6.07) is 0. The normalized spacial score (nSPS) is 34.0. The number of carboxylic acids is 1. The summed E-state index contributed by atoms with van der Waals surface area (Å²) in [4.78, 5) is 10.5. The van der Waals surface area contributed by atoms with E-state index in [1.807, 2.05) is 6.08 Å². The number of hydrogen-bond acceptors (Lipinski definition) is 1. The monoisotopic (exact) mass is 272 g/mol. The summed E-state index contributed by atoms with van der Waals surface area (Å²) < 4.78 is 0. The van der Waals surface area contributed by atoms with Crippen molar-refractivity contribution in [3.63, 3.8) is 0 Å². The second kappa shape index (κ2) is 6.25. The third-order valence-electron chi connectivity index (χ3n) is 4.56. The molecule has 0 radical (unpaired) electrons. The van der Waals surface area contributed by atoms with E-state index in [9.17, 15) is 4.79 Å². The van der Waals surface area contributed by atoms with Crippen molar-refractivity contribution in [2.24, 2.45) is 23.7 Å². The van der Waals surface area contributed by atoms with E-state index in [0.717, 1.165) is 5.92 Å². The maximum atomic E-state index is 10.5. The molecule has 0 spiro atoms. The highest BCUT2D eigenvalue weighted by atomic mass is 16.4. The van der Waals surface area contributed by atoms with Crippen molar-refractivity contribution in [3.05, 3.63) is 47.6 Å².